The third-order valence-electron chi connectivity index (χ3n) is 0.550. The van der Waals surface area contributed by atoms with Crippen LogP contribution in [-0.2, 0) is 19.2 Å². The highest BCUT2D eigenvalue weighted by Crippen LogP contribution is 1.81. The van der Waals surface area contributed by atoms with Crippen molar-refractivity contribution in [1.29, 1.82) is 0 Å². The minimum Gasteiger partial charge on any atom is -0.481 e. The Morgan fingerprint density at radius 2 is 1.31 bits per heavy atom. The molecule has 0 fully saturated rings. The highest BCUT2D eigenvalue weighted by atomic mass is 16.4. The van der Waals surface area contributed by atoms with Crippen LogP contribution in [0.15, 0.2) is 0 Å². The summed E-state index contributed by atoms with van der Waals surface area (Å²) in [7, 11) is 0. The lowest BCUT2D eigenvalue weighted by molar-refractivity contribution is -0.152. The molecule has 2 N–H and O–H groups in total. The highest BCUT2D eigenvalue weighted by Gasteiger charge is 2.14. The van der Waals surface area contributed by atoms with E-state index in [0.29, 0.717) is 0 Å². The Hall–Kier alpha value is -1.72. The second-order valence-electron chi connectivity index (χ2n) is 2.21. The summed E-state index contributed by atoms with van der Waals surface area (Å²) in [5.41, 5.74) is 0. The Labute approximate surface area is 74.2 Å². The summed E-state index contributed by atoms with van der Waals surface area (Å²) in [6.07, 6.45) is -0.949. The number of carboxylic acids is 2. The maximum atomic E-state index is 9.97. The van der Waals surface area contributed by atoms with Gasteiger partial charge in [-0.1, -0.05) is 0 Å². The van der Waals surface area contributed by atoms with Crippen LogP contribution in [0.1, 0.15) is 20.3 Å². The molecular formula is C7H10O6. The van der Waals surface area contributed by atoms with E-state index in [2.05, 4.69) is 0 Å². The van der Waals surface area contributed by atoms with Gasteiger partial charge in [-0.25, -0.2) is 4.79 Å². The number of Topliss-reactive ketones (excluding diaryl/α,β-unsaturated/α-hetero) is 2. The fourth-order valence-corrected chi connectivity index (χ4v) is 0.213. The van der Waals surface area contributed by atoms with Crippen molar-refractivity contribution < 1.29 is 29.4 Å². The van der Waals surface area contributed by atoms with Crippen LogP contribution >= 0.6 is 0 Å². The van der Waals surface area contributed by atoms with Crippen molar-refractivity contribution in [3.05, 3.63) is 0 Å². The molecule has 0 bridgehead atoms. The molecule has 0 heterocycles. The van der Waals surface area contributed by atoms with Crippen LogP contribution in [0, 0.1) is 0 Å². The van der Waals surface area contributed by atoms with Crippen LogP contribution in [0.25, 0.3) is 0 Å². The Morgan fingerprint density at radius 3 is 1.38 bits per heavy atom. The van der Waals surface area contributed by atoms with Gasteiger partial charge in [-0.3, -0.25) is 9.59 Å². The molecule has 6 nitrogen and oxygen atoms in total. The molecule has 0 aromatic heterocycles. The normalized spacial score (nSPS) is 7.85. The number of rotatable bonds is 3. The molecule has 0 rings (SSSR count). The smallest absolute Gasteiger partial charge is 0.372 e. The molecular weight excluding hydrogens is 180 g/mol. The molecule has 0 aromatic rings. The van der Waals surface area contributed by atoms with Gasteiger partial charge in [0.05, 0.1) is 0 Å². The Kier molecular flexibility index (Phi) is 7.41. The van der Waals surface area contributed by atoms with E-state index in [9.17, 15) is 19.2 Å². The van der Waals surface area contributed by atoms with Gasteiger partial charge in [0, 0.05) is 0 Å². The zero-order valence-electron chi connectivity index (χ0n) is 7.23. The summed E-state index contributed by atoms with van der Waals surface area (Å²) in [5.74, 6) is -4.28. The van der Waals surface area contributed by atoms with E-state index in [4.69, 9.17) is 10.2 Å². The highest BCUT2D eigenvalue weighted by molar-refractivity contribution is 6.35. The standard InChI is InChI=1S/C4H4O5.C3H6O/c5-2(4(8)9)1-3(6)7;1-3(2)4/h1H2,(H,6,7)(H,8,9);1-2H3. The number of ketones is 2. The molecule has 0 amide bonds. The maximum absolute atomic E-state index is 9.97. The number of carbonyl (C=O) groups is 4. The molecule has 0 aliphatic rings. The Bertz CT molecular complexity index is 225. The van der Waals surface area contributed by atoms with Crippen LogP contribution in [0.2, 0.25) is 0 Å². The van der Waals surface area contributed by atoms with Crippen molar-refractivity contribution in [2.75, 3.05) is 0 Å². The SMILES string of the molecule is CC(C)=O.O=C(O)CC(=O)C(=O)O. The average molecular weight is 190 g/mol. The van der Waals surface area contributed by atoms with Gasteiger partial charge < -0.3 is 15.0 Å². The van der Waals surface area contributed by atoms with Gasteiger partial charge in [0.1, 0.15) is 12.2 Å². The molecule has 13 heavy (non-hydrogen) atoms. The summed E-state index contributed by atoms with van der Waals surface area (Å²) in [5, 5.41) is 15.7. The number of hydrogen-bond acceptors (Lipinski definition) is 4. The quantitative estimate of drug-likeness (QED) is 0.467. The largest absolute Gasteiger partial charge is 0.481 e. The van der Waals surface area contributed by atoms with E-state index in [1.807, 2.05) is 0 Å². The second-order valence-corrected chi connectivity index (χ2v) is 2.21. The fourth-order valence-electron chi connectivity index (χ4n) is 0.213. The first-order chi connectivity index (χ1) is 5.77. The van der Waals surface area contributed by atoms with Crippen LogP contribution in [0.5, 0.6) is 0 Å². The van der Waals surface area contributed by atoms with Crippen molar-refractivity contribution in [3.63, 3.8) is 0 Å². The van der Waals surface area contributed by atoms with Gasteiger partial charge in [-0.2, -0.15) is 0 Å². The minimum absolute atomic E-state index is 0.167. The molecule has 74 valence electrons. The monoisotopic (exact) mass is 190 g/mol. The van der Waals surface area contributed by atoms with Gasteiger partial charge in [0.25, 0.3) is 5.78 Å². The van der Waals surface area contributed by atoms with Crippen molar-refractivity contribution in [3.8, 4) is 0 Å². The van der Waals surface area contributed by atoms with Crippen LogP contribution in [0.3, 0.4) is 0 Å². The van der Waals surface area contributed by atoms with Crippen LogP contribution in [0.4, 0.5) is 0 Å². The maximum Gasteiger partial charge on any atom is 0.372 e. The van der Waals surface area contributed by atoms with Crippen molar-refractivity contribution in [2.24, 2.45) is 0 Å². The van der Waals surface area contributed by atoms with Gasteiger partial charge >= 0.3 is 11.9 Å². The topological polar surface area (TPSA) is 109 Å². The van der Waals surface area contributed by atoms with E-state index in [-0.39, 0.29) is 5.78 Å². The Balaban J connectivity index is 0. The van der Waals surface area contributed by atoms with Gasteiger partial charge in [-0.15, -0.1) is 0 Å². The summed E-state index contributed by atoms with van der Waals surface area (Å²) >= 11 is 0. The summed E-state index contributed by atoms with van der Waals surface area (Å²) < 4.78 is 0. The first kappa shape index (κ1) is 13.8. The molecule has 0 saturated heterocycles. The Morgan fingerprint density at radius 1 is 1.00 bits per heavy atom. The molecule has 6 heteroatoms. The molecule has 0 saturated carbocycles. The summed E-state index contributed by atoms with van der Waals surface area (Å²) in [4.78, 5) is 38.7. The van der Waals surface area contributed by atoms with Gasteiger partial charge in [0.2, 0.25) is 0 Å². The summed E-state index contributed by atoms with van der Waals surface area (Å²) in [6.45, 7) is 3.06. The van der Waals surface area contributed by atoms with Gasteiger partial charge in [0.15, 0.2) is 0 Å². The zero-order chi connectivity index (χ0) is 11.0. The predicted molar refractivity (Wildman–Crippen MR) is 41.3 cm³/mol. The lowest BCUT2D eigenvalue weighted by atomic mass is 10.3. The van der Waals surface area contributed by atoms with Crippen molar-refractivity contribution in [1.82, 2.24) is 0 Å². The fraction of sp³-hybridized carbons (Fsp3) is 0.429. The molecule has 0 aliphatic heterocycles. The molecule has 0 aromatic carbocycles. The number of hydrogen-bond donors (Lipinski definition) is 2. The van der Waals surface area contributed by atoms with E-state index < -0.39 is 24.1 Å². The predicted octanol–water partition coefficient (Wildman–Crippen LogP) is -0.290. The summed E-state index contributed by atoms with van der Waals surface area (Å²) in [6, 6.07) is 0. The number of carbonyl (C=O) groups excluding carboxylic acids is 2. The van der Waals surface area contributed by atoms with Crippen LogP contribution in [-0.4, -0.2) is 33.7 Å². The van der Waals surface area contributed by atoms with E-state index in [1.54, 1.807) is 0 Å². The van der Waals surface area contributed by atoms with E-state index >= 15 is 0 Å². The lowest BCUT2D eigenvalue weighted by Gasteiger charge is -1.85. The first-order valence-corrected chi connectivity index (χ1v) is 3.22. The zero-order valence-corrected chi connectivity index (χ0v) is 7.23. The third-order valence-corrected chi connectivity index (χ3v) is 0.550. The molecule has 0 spiro atoms. The molecule has 0 unspecified atom stereocenters. The average Bonchev–Trinajstić information content (AvgIpc) is 1.83. The lowest BCUT2D eigenvalue weighted by Crippen LogP contribution is -2.16. The molecule has 0 aliphatic carbocycles. The van der Waals surface area contributed by atoms with E-state index in [0.717, 1.165) is 0 Å². The third kappa shape index (κ3) is 17.9. The molecule has 0 atom stereocenters. The molecule has 0 radical (unpaired) electrons. The van der Waals surface area contributed by atoms with E-state index in [1.165, 1.54) is 13.8 Å². The van der Waals surface area contributed by atoms with Crippen LogP contribution < -0.4 is 0 Å². The van der Waals surface area contributed by atoms with Gasteiger partial charge in [-0.05, 0) is 13.8 Å². The second kappa shape index (κ2) is 6.96. The number of carboxylic acid groups (broad SMARTS) is 2. The van der Waals surface area contributed by atoms with Crippen molar-refractivity contribution >= 4 is 23.5 Å². The number of aliphatic carboxylic acids is 2. The first-order valence-electron chi connectivity index (χ1n) is 3.22. The minimum atomic E-state index is -1.71. The van der Waals surface area contributed by atoms with Crippen molar-refractivity contribution in [2.45, 2.75) is 20.3 Å².